The van der Waals surface area contributed by atoms with Crippen LogP contribution in [0.15, 0.2) is 60.4 Å². The Bertz CT molecular complexity index is 924. The SMILES string of the molecule is O=C1c2cc3ccccc3cc2N(CC2CCCCN2)C2=CC=CCN12. The lowest BCUT2D eigenvalue weighted by Crippen LogP contribution is -2.50. The second-order valence-corrected chi connectivity index (χ2v) is 7.34. The van der Waals surface area contributed by atoms with Crippen LogP contribution in [0.5, 0.6) is 0 Å². The van der Waals surface area contributed by atoms with Crippen LogP contribution >= 0.6 is 0 Å². The van der Waals surface area contributed by atoms with E-state index in [1.165, 1.54) is 24.6 Å². The van der Waals surface area contributed by atoms with Gasteiger partial charge in [0.15, 0.2) is 0 Å². The average molecular weight is 345 g/mol. The zero-order valence-corrected chi connectivity index (χ0v) is 14.8. The zero-order chi connectivity index (χ0) is 17.5. The van der Waals surface area contributed by atoms with Gasteiger partial charge in [-0.3, -0.25) is 9.69 Å². The first-order valence-corrected chi connectivity index (χ1v) is 9.54. The Morgan fingerprint density at radius 2 is 1.96 bits per heavy atom. The summed E-state index contributed by atoms with van der Waals surface area (Å²) in [6.07, 6.45) is 9.90. The van der Waals surface area contributed by atoms with E-state index in [0.717, 1.165) is 35.5 Å². The van der Waals surface area contributed by atoms with Crippen molar-refractivity contribution in [2.24, 2.45) is 0 Å². The normalized spacial score (nSPS) is 22.2. The predicted molar refractivity (Wildman–Crippen MR) is 105 cm³/mol. The van der Waals surface area contributed by atoms with Crippen molar-refractivity contribution in [2.75, 3.05) is 24.5 Å². The maximum atomic E-state index is 13.1. The Hall–Kier alpha value is -2.59. The Balaban J connectivity index is 1.64. The Morgan fingerprint density at radius 1 is 1.12 bits per heavy atom. The van der Waals surface area contributed by atoms with Gasteiger partial charge in [-0.25, -0.2) is 0 Å². The molecule has 0 aliphatic carbocycles. The van der Waals surface area contributed by atoms with Gasteiger partial charge < -0.3 is 10.2 Å². The van der Waals surface area contributed by atoms with Gasteiger partial charge in [-0.1, -0.05) is 42.8 Å². The van der Waals surface area contributed by atoms with Crippen LogP contribution in [0.3, 0.4) is 0 Å². The van der Waals surface area contributed by atoms with Crippen LogP contribution in [0.2, 0.25) is 0 Å². The molecule has 3 aliphatic rings. The van der Waals surface area contributed by atoms with Crippen LogP contribution in [0.25, 0.3) is 10.8 Å². The maximum Gasteiger partial charge on any atom is 0.261 e. The molecule has 132 valence electrons. The van der Waals surface area contributed by atoms with Gasteiger partial charge in [-0.15, -0.1) is 0 Å². The van der Waals surface area contributed by atoms with Crippen molar-refractivity contribution < 1.29 is 4.79 Å². The molecule has 0 saturated carbocycles. The van der Waals surface area contributed by atoms with E-state index in [9.17, 15) is 4.79 Å². The first-order chi connectivity index (χ1) is 12.8. The van der Waals surface area contributed by atoms with Gasteiger partial charge in [0.05, 0.1) is 11.3 Å². The van der Waals surface area contributed by atoms with Gasteiger partial charge in [0.1, 0.15) is 5.82 Å². The van der Waals surface area contributed by atoms with E-state index in [4.69, 9.17) is 0 Å². The van der Waals surface area contributed by atoms with Gasteiger partial charge in [0.2, 0.25) is 0 Å². The number of allylic oxidation sites excluding steroid dienone is 2. The predicted octanol–water partition coefficient (Wildman–Crippen LogP) is 3.66. The summed E-state index contributed by atoms with van der Waals surface area (Å²) in [6.45, 7) is 2.63. The van der Waals surface area contributed by atoms with Crippen molar-refractivity contribution in [1.29, 1.82) is 0 Å². The molecule has 0 aromatic heterocycles. The number of rotatable bonds is 2. The molecule has 1 amide bonds. The maximum absolute atomic E-state index is 13.1. The third-order valence-corrected chi connectivity index (χ3v) is 5.67. The molecule has 0 bridgehead atoms. The fraction of sp³-hybridized carbons (Fsp3) is 0.318. The number of piperidine rings is 1. The van der Waals surface area contributed by atoms with Gasteiger partial charge in [0.25, 0.3) is 5.91 Å². The molecule has 1 fully saturated rings. The first kappa shape index (κ1) is 15.6. The molecule has 1 saturated heterocycles. The number of carbonyl (C=O) groups is 1. The van der Waals surface area contributed by atoms with Crippen molar-refractivity contribution in [3.63, 3.8) is 0 Å². The smallest absolute Gasteiger partial charge is 0.261 e. The summed E-state index contributed by atoms with van der Waals surface area (Å²) in [5.41, 5.74) is 1.85. The standard InChI is InChI=1S/C22H23N3O/c26-22-19-13-16-7-1-2-8-17(16)14-20(19)25(15-18-9-3-5-11-23-18)21-10-4-6-12-24(21)22/h1-2,4,6-8,10,13-14,18,23H,3,5,9,11-12,15H2. The lowest BCUT2D eigenvalue weighted by Gasteiger charge is -2.43. The molecular formula is C22H23N3O. The molecule has 26 heavy (non-hydrogen) atoms. The van der Waals surface area contributed by atoms with Crippen LogP contribution in [0, 0.1) is 0 Å². The first-order valence-electron chi connectivity index (χ1n) is 9.54. The van der Waals surface area contributed by atoms with Crippen molar-refractivity contribution >= 4 is 22.4 Å². The van der Waals surface area contributed by atoms with Gasteiger partial charge in [0, 0.05) is 19.1 Å². The van der Waals surface area contributed by atoms with Gasteiger partial charge >= 0.3 is 0 Å². The molecule has 0 spiro atoms. The Labute approximate surface area is 153 Å². The number of carbonyl (C=O) groups excluding carboxylic acids is 1. The van der Waals surface area contributed by atoms with Crippen LogP contribution < -0.4 is 10.2 Å². The molecule has 1 unspecified atom stereocenters. The minimum absolute atomic E-state index is 0.106. The highest BCUT2D eigenvalue weighted by atomic mass is 16.2. The molecular weight excluding hydrogens is 322 g/mol. The summed E-state index contributed by atoms with van der Waals surface area (Å²) in [5.74, 6) is 1.11. The topological polar surface area (TPSA) is 35.6 Å². The Morgan fingerprint density at radius 3 is 2.77 bits per heavy atom. The van der Waals surface area contributed by atoms with E-state index in [0.29, 0.717) is 12.6 Å². The number of amides is 1. The van der Waals surface area contributed by atoms with Crippen LogP contribution in [0.1, 0.15) is 29.6 Å². The van der Waals surface area contributed by atoms with Crippen LogP contribution in [-0.2, 0) is 0 Å². The van der Waals surface area contributed by atoms with E-state index >= 15 is 0 Å². The molecule has 1 N–H and O–H groups in total. The molecule has 0 radical (unpaired) electrons. The average Bonchev–Trinajstić information content (AvgIpc) is 2.71. The summed E-state index contributed by atoms with van der Waals surface area (Å²) in [6, 6.07) is 13.0. The fourth-order valence-corrected chi connectivity index (χ4v) is 4.31. The number of benzene rings is 2. The largest absolute Gasteiger partial charge is 0.325 e. The van der Waals surface area contributed by atoms with E-state index in [1.54, 1.807) is 0 Å². The third kappa shape index (κ3) is 2.53. The number of hydrogen-bond donors (Lipinski definition) is 1. The van der Waals surface area contributed by atoms with Crippen molar-refractivity contribution in [2.45, 2.75) is 25.3 Å². The summed E-state index contributed by atoms with van der Waals surface area (Å²) in [7, 11) is 0. The van der Waals surface area contributed by atoms with E-state index in [2.05, 4.69) is 52.7 Å². The number of fused-ring (bicyclic) bond motifs is 3. The molecule has 3 heterocycles. The second kappa shape index (κ2) is 6.29. The third-order valence-electron chi connectivity index (χ3n) is 5.67. The Kier molecular flexibility index (Phi) is 3.79. The van der Waals surface area contributed by atoms with E-state index in [1.807, 2.05) is 17.0 Å². The zero-order valence-electron chi connectivity index (χ0n) is 14.8. The summed E-state index contributed by atoms with van der Waals surface area (Å²) in [5, 5.41) is 5.95. The highest BCUT2D eigenvalue weighted by Crippen LogP contribution is 2.37. The molecule has 4 nitrogen and oxygen atoms in total. The molecule has 5 rings (SSSR count). The minimum atomic E-state index is 0.106. The number of nitrogens with one attached hydrogen (secondary N) is 1. The fourth-order valence-electron chi connectivity index (χ4n) is 4.31. The quantitative estimate of drug-likeness (QED) is 0.902. The molecule has 2 aromatic carbocycles. The molecule has 3 aliphatic heterocycles. The molecule has 4 heteroatoms. The lowest BCUT2D eigenvalue weighted by molar-refractivity contribution is 0.0804. The summed E-state index contributed by atoms with van der Waals surface area (Å²) in [4.78, 5) is 17.4. The van der Waals surface area contributed by atoms with E-state index in [-0.39, 0.29) is 5.91 Å². The van der Waals surface area contributed by atoms with Crippen molar-refractivity contribution in [3.8, 4) is 0 Å². The number of nitrogens with zero attached hydrogens (tertiary/aromatic N) is 2. The highest BCUT2D eigenvalue weighted by molar-refractivity contribution is 6.08. The van der Waals surface area contributed by atoms with Gasteiger partial charge in [-0.2, -0.15) is 0 Å². The molecule has 1 atom stereocenters. The highest BCUT2D eigenvalue weighted by Gasteiger charge is 2.35. The molecule has 2 aromatic rings. The summed E-state index contributed by atoms with van der Waals surface area (Å²) < 4.78 is 0. The van der Waals surface area contributed by atoms with Crippen LogP contribution in [0.4, 0.5) is 5.69 Å². The van der Waals surface area contributed by atoms with Crippen molar-refractivity contribution in [1.82, 2.24) is 10.2 Å². The monoisotopic (exact) mass is 345 g/mol. The van der Waals surface area contributed by atoms with E-state index < -0.39 is 0 Å². The number of hydrogen-bond acceptors (Lipinski definition) is 3. The van der Waals surface area contributed by atoms with Gasteiger partial charge in [-0.05, 0) is 48.4 Å². The second-order valence-electron chi connectivity index (χ2n) is 7.34. The summed E-state index contributed by atoms with van der Waals surface area (Å²) >= 11 is 0. The number of anilines is 1. The lowest BCUT2D eigenvalue weighted by atomic mass is 9.98. The minimum Gasteiger partial charge on any atom is -0.325 e. The van der Waals surface area contributed by atoms with Crippen molar-refractivity contribution in [3.05, 3.63) is 66.0 Å². The van der Waals surface area contributed by atoms with Crippen LogP contribution in [-0.4, -0.2) is 36.5 Å².